The van der Waals surface area contributed by atoms with Crippen LogP contribution in [0.2, 0.25) is 0 Å². The molecule has 0 radical (unpaired) electrons. The molecular weight excluding hydrogens is 452 g/mol. The van der Waals surface area contributed by atoms with Crippen molar-refractivity contribution in [3.05, 3.63) is 66.8 Å². The molecule has 0 spiro atoms. The first-order valence-corrected chi connectivity index (χ1v) is 12.0. The van der Waals surface area contributed by atoms with E-state index in [4.69, 9.17) is 4.98 Å². The maximum Gasteiger partial charge on any atom is 0.227 e. The van der Waals surface area contributed by atoms with Gasteiger partial charge in [-0.15, -0.1) is 0 Å². The van der Waals surface area contributed by atoms with Crippen LogP contribution >= 0.6 is 0 Å². The number of hydrogen-bond donors (Lipinski definition) is 3. The third-order valence-electron chi connectivity index (χ3n) is 6.75. The number of carbonyl (C=O) groups is 1. The Bertz CT molecular complexity index is 1690. The lowest BCUT2D eigenvalue weighted by Gasteiger charge is -2.12. The number of aromatic amines is 2. The SMILES string of the molecule is O=C(Nc1cncc(-c2cnc3n[nH]c(-c4nc5c([C@H]6C=CN=CC6)cccc5[nH]4)c3c2)c1)C1CC1. The lowest BCUT2D eigenvalue weighted by molar-refractivity contribution is -0.117. The van der Waals surface area contributed by atoms with E-state index in [-0.39, 0.29) is 17.7 Å². The molecule has 1 amide bonds. The molecule has 36 heavy (non-hydrogen) atoms. The highest BCUT2D eigenvalue weighted by atomic mass is 16.2. The quantitative estimate of drug-likeness (QED) is 0.331. The van der Waals surface area contributed by atoms with Gasteiger partial charge in [0, 0.05) is 47.8 Å². The van der Waals surface area contributed by atoms with E-state index in [9.17, 15) is 4.79 Å². The number of nitrogens with zero attached hydrogens (tertiary/aromatic N) is 5. The standard InChI is InChI=1S/C27H22N8O/c36-27(16-4-5-16)31-19-10-17(12-29-14-19)18-11-21-24(34-35-25(21)30-13-18)26-32-22-3-1-2-20(23(22)33-26)15-6-8-28-9-7-15/h1-3,6,8-16H,4-5,7H2,(H,31,36)(H,32,33)(H,30,34,35)/t15-/m0/s1. The zero-order chi connectivity index (χ0) is 24.1. The number of carbonyl (C=O) groups excluding carboxylic acids is 1. The molecule has 4 aromatic heterocycles. The highest BCUT2D eigenvalue weighted by molar-refractivity contribution is 5.96. The number of nitrogens with one attached hydrogen (secondary N) is 3. The van der Waals surface area contributed by atoms with Crippen molar-refractivity contribution in [3.8, 4) is 22.6 Å². The van der Waals surface area contributed by atoms with Crippen molar-refractivity contribution in [2.45, 2.75) is 25.2 Å². The predicted molar refractivity (Wildman–Crippen MR) is 139 cm³/mol. The Morgan fingerprint density at radius 2 is 2.00 bits per heavy atom. The van der Waals surface area contributed by atoms with Gasteiger partial charge in [0.25, 0.3) is 0 Å². The van der Waals surface area contributed by atoms with Crippen molar-refractivity contribution >= 4 is 39.9 Å². The van der Waals surface area contributed by atoms with Crippen molar-refractivity contribution in [1.82, 2.24) is 30.1 Å². The molecule has 1 atom stereocenters. The Morgan fingerprint density at radius 1 is 1.08 bits per heavy atom. The van der Waals surface area contributed by atoms with Gasteiger partial charge in [0.05, 0.1) is 28.3 Å². The number of imidazole rings is 1. The molecule has 0 saturated heterocycles. The summed E-state index contributed by atoms with van der Waals surface area (Å²) in [5.74, 6) is 1.14. The summed E-state index contributed by atoms with van der Waals surface area (Å²) in [5.41, 5.74) is 6.87. The Balaban J connectivity index is 1.26. The maximum absolute atomic E-state index is 12.2. The number of rotatable bonds is 5. The molecule has 1 aliphatic heterocycles. The van der Waals surface area contributed by atoms with Crippen LogP contribution in [-0.4, -0.2) is 42.3 Å². The second-order valence-electron chi connectivity index (χ2n) is 9.26. The third-order valence-corrected chi connectivity index (χ3v) is 6.75. The van der Waals surface area contributed by atoms with E-state index < -0.39 is 0 Å². The molecule has 3 N–H and O–H groups in total. The summed E-state index contributed by atoms with van der Waals surface area (Å²) in [6.45, 7) is 0. The topological polar surface area (TPSA) is 125 Å². The number of hydrogen-bond acceptors (Lipinski definition) is 6. The number of aliphatic imine (C=N–C) groups is 1. The first-order valence-electron chi connectivity index (χ1n) is 12.0. The summed E-state index contributed by atoms with van der Waals surface area (Å²) in [7, 11) is 0. The van der Waals surface area contributed by atoms with Gasteiger partial charge >= 0.3 is 0 Å². The van der Waals surface area contributed by atoms with Crippen LogP contribution in [-0.2, 0) is 4.79 Å². The van der Waals surface area contributed by atoms with Gasteiger partial charge in [-0.1, -0.05) is 18.2 Å². The fourth-order valence-electron chi connectivity index (χ4n) is 4.66. The number of fused-ring (bicyclic) bond motifs is 2. The Labute approximate surface area is 205 Å². The summed E-state index contributed by atoms with van der Waals surface area (Å²) in [6, 6.07) is 10.1. The van der Waals surface area contributed by atoms with Gasteiger partial charge in [0.1, 0.15) is 5.69 Å². The molecule has 9 nitrogen and oxygen atoms in total. The zero-order valence-electron chi connectivity index (χ0n) is 19.3. The lowest BCUT2D eigenvalue weighted by Crippen LogP contribution is -2.13. The number of aromatic nitrogens is 6. The average molecular weight is 475 g/mol. The van der Waals surface area contributed by atoms with E-state index in [1.165, 1.54) is 0 Å². The Kier molecular flexibility index (Phi) is 4.73. The summed E-state index contributed by atoms with van der Waals surface area (Å²) >= 11 is 0. The number of H-pyrrole nitrogens is 2. The number of para-hydroxylation sites is 1. The summed E-state index contributed by atoms with van der Waals surface area (Å²) in [6.07, 6.45) is 13.9. The van der Waals surface area contributed by atoms with Crippen molar-refractivity contribution in [1.29, 1.82) is 0 Å². The van der Waals surface area contributed by atoms with Crippen molar-refractivity contribution < 1.29 is 4.79 Å². The van der Waals surface area contributed by atoms with Gasteiger partial charge in [-0.2, -0.15) is 5.10 Å². The number of benzene rings is 1. The van der Waals surface area contributed by atoms with Gasteiger partial charge in [-0.25, -0.2) is 9.97 Å². The van der Waals surface area contributed by atoms with Crippen LogP contribution in [0.5, 0.6) is 0 Å². The highest BCUT2D eigenvalue weighted by Gasteiger charge is 2.29. The van der Waals surface area contributed by atoms with Gasteiger partial charge < -0.3 is 10.3 Å². The smallest absolute Gasteiger partial charge is 0.227 e. The summed E-state index contributed by atoms with van der Waals surface area (Å²) in [5, 5.41) is 11.3. The molecule has 1 fully saturated rings. The molecule has 1 aromatic carbocycles. The fourth-order valence-corrected chi connectivity index (χ4v) is 4.66. The molecule has 2 aliphatic rings. The second-order valence-corrected chi connectivity index (χ2v) is 9.26. The maximum atomic E-state index is 12.2. The number of anilines is 1. The summed E-state index contributed by atoms with van der Waals surface area (Å²) < 4.78 is 0. The number of pyridine rings is 2. The van der Waals surface area contributed by atoms with Crippen LogP contribution < -0.4 is 5.32 Å². The number of allylic oxidation sites excluding steroid dienone is 1. The molecule has 176 valence electrons. The van der Waals surface area contributed by atoms with E-state index in [1.807, 2.05) is 36.7 Å². The molecule has 1 aliphatic carbocycles. The van der Waals surface area contributed by atoms with Crippen LogP contribution in [0.15, 0.2) is 66.2 Å². The number of amides is 1. The molecule has 7 rings (SSSR count). The molecule has 9 heteroatoms. The first kappa shape index (κ1) is 20.7. The molecule has 1 saturated carbocycles. The van der Waals surface area contributed by atoms with Gasteiger partial charge in [0.2, 0.25) is 5.91 Å². The molecule has 0 unspecified atom stereocenters. The van der Waals surface area contributed by atoms with Crippen LogP contribution in [0, 0.1) is 5.92 Å². The van der Waals surface area contributed by atoms with Crippen LogP contribution in [0.3, 0.4) is 0 Å². The van der Waals surface area contributed by atoms with Gasteiger partial charge in [-0.05, 0) is 43.0 Å². The second kappa shape index (κ2) is 8.23. The lowest BCUT2D eigenvalue weighted by atomic mass is 9.94. The van der Waals surface area contributed by atoms with E-state index >= 15 is 0 Å². The van der Waals surface area contributed by atoms with E-state index in [0.717, 1.165) is 58.1 Å². The van der Waals surface area contributed by atoms with E-state index in [2.05, 4.69) is 47.6 Å². The van der Waals surface area contributed by atoms with Crippen LogP contribution in [0.4, 0.5) is 5.69 Å². The van der Waals surface area contributed by atoms with Crippen molar-refractivity contribution in [2.75, 3.05) is 5.32 Å². The van der Waals surface area contributed by atoms with Crippen LogP contribution in [0.1, 0.15) is 30.7 Å². The minimum absolute atomic E-state index is 0.0555. The Hall–Kier alpha value is -4.66. The normalized spacial score (nSPS) is 17.2. The van der Waals surface area contributed by atoms with Crippen molar-refractivity contribution in [2.24, 2.45) is 10.9 Å². The van der Waals surface area contributed by atoms with Gasteiger partial charge in [-0.3, -0.25) is 19.9 Å². The molecular formula is C27H22N8O. The third kappa shape index (κ3) is 3.65. The first-order chi connectivity index (χ1) is 17.7. The fraction of sp³-hybridized carbons (Fsp3) is 0.185. The largest absolute Gasteiger partial charge is 0.337 e. The monoisotopic (exact) mass is 474 g/mol. The zero-order valence-corrected chi connectivity index (χ0v) is 19.3. The highest BCUT2D eigenvalue weighted by Crippen LogP contribution is 2.34. The Morgan fingerprint density at radius 3 is 2.86 bits per heavy atom. The molecule has 5 aromatic rings. The molecule has 5 heterocycles. The minimum Gasteiger partial charge on any atom is -0.337 e. The molecule has 0 bridgehead atoms. The van der Waals surface area contributed by atoms with Gasteiger partial charge in [0.15, 0.2) is 11.5 Å². The van der Waals surface area contributed by atoms with Crippen molar-refractivity contribution in [3.63, 3.8) is 0 Å². The van der Waals surface area contributed by atoms with E-state index in [0.29, 0.717) is 17.2 Å². The minimum atomic E-state index is 0.0555. The predicted octanol–water partition coefficient (Wildman–Crippen LogP) is 4.98. The van der Waals surface area contributed by atoms with E-state index in [1.54, 1.807) is 18.6 Å². The summed E-state index contributed by atoms with van der Waals surface area (Å²) in [4.78, 5) is 33.7. The van der Waals surface area contributed by atoms with Crippen LogP contribution in [0.25, 0.3) is 44.7 Å². The average Bonchev–Trinajstić information content (AvgIpc) is 3.55.